The average Bonchev–Trinajstić information content (AvgIpc) is 3.03. The Balaban J connectivity index is 1.33. The van der Waals surface area contributed by atoms with E-state index < -0.39 is 11.7 Å². The van der Waals surface area contributed by atoms with Crippen LogP contribution in [0.5, 0.6) is 0 Å². The first-order chi connectivity index (χ1) is 20.7. The predicted octanol–water partition coefficient (Wildman–Crippen LogP) is 6.47. The first-order valence-corrected chi connectivity index (χ1v) is 15.0. The first-order valence-electron chi connectivity index (χ1n) is 15.0. The minimum atomic E-state index is -4.39. The lowest BCUT2D eigenvalue weighted by molar-refractivity contribution is -0.137. The summed E-state index contributed by atoms with van der Waals surface area (Å²) in [5.41, 5.74) is 2.94. The van der Waals surface area contributed by atoms with E-state index in [0.29, 0.717) is 18.2 Å². The largest absolute Gasteiger partial charge is 0.416 e. The Bertz CT molecular complexity index is 1350. The zero-order valence-corrected chi connectivity index (χ0v) is 24.9. The van der Waals surface area contributed by atoms with Gasteiger partial charge in [-0.25, -0.2) is 0 Å². The van der Waals surface area contributed by atoms with Crippen molar-refractivity contribution in [1.29, 1.82) is 0 Å². The van der Waals surface area contributed by atoms with Crippen molar-refractivity contribution in [3.63, 3.8) is 0 Å². The van der Waals surface area contributed by atoms with Gasteiger partial charge in [-0.05, 0) is 106 Å². The number of benzene rings is 2. The molecule has 2 fully saturated rings. The van der Waals surface area contributed by atoms with Crippen molar-refractivity contribution in [1.82, 2.24) is 19.7 Å². The van der Waals surface area contributed by atoms with E-state index in [1.54, 1.807) is 18.5 Å². The molecule has 9 heteroatoms. The smallest absolute Gasteiger partial charge is 0.345 e. The number of pyridine rings is 1. The number of nitrogens with zero attached hydrogens (tertiary/aromatic N) is 5. The molecule has 3 aromatic rings. The van der Waals surface area contributed by atoms with Gasteiger partial charge in [0.25, 0.3) is 0 Å². The molecule has 2 aliphatic heterocycles. The highest BCUT2D eigenvalue weighted by Gasteiger charge is 2.32. The summed E-state index contributed by atoms with van der Waals surface area (Å²) in [5, 5.41) is 0. The van der Waals surface area contributed by atoms with Gasteiger partial charge in [-0.2, -0.15) is 13.2 Å². The Morgan fingerprint density at radius 3 is 2.23 bits per heavy atom. The molecular formula is C34H40F3N5O. The van der Waals surface area contributed by atoms with Crippen LogP contribution in [0.3, 0.4) is 0 Å². The lowest BCUT2D eigenvalue weighted by Crippen LogP contribution is -2.54. The van der Waals surface area contributed by atoms with Crippen molar-refractivity contribution < 1.29 is 18.0 Å². The number of piperidine rings is 2. The van der Waals surface area contributed by atoms with E-state index in [0.717, 1.165) is 80.9 Å². The van der Waals surface area contributed by atoms with E-state index in [9.17, 15) is 18.0 Å². The number of aromatic nitrogens is 1. The summed E-state index contributed by atoms with van der Waals surface area (Å²) >= 11 is 0. The van der Waals surface area contributed by atoms with Crippen molar-refractivity contribution in [2.24, 2.45) is 0 Å². The number of halogens is 3. The topological polar surface area (TPSA) is 42.9 Å². The maximum absolute atomic E-state index is 13.8. The van der Waals surface area contributed by atoms with Crippen LogP contribution in [0.4, 0.5) is 24.5 Å². The van der Waals surface area contributed by atoms with E-state index in [-0.39, 0.29) is 11.9 Å². The standard InChI is InChI=1S/C34H40F3N5O/c1-39-22-17-31(18-23-39)41-21-3-4-32(25-41)42(33(43)14-9-26-5-10-28(11-6-26)34(35,36)37)24-27-7-12-29(13-8-27)40(2)30-15-19-38-20-16-30/h5-16,19-20,31-32H,3-4,17-18,21-25H2,1-2H3/t32-/m1/s1. The van der Waals surface area contributed by atoms with Crippen LogP contribution in [0.25, 0.3) is 6.08 Å². The molecule has 0 aliphatic carbocycles. The van der Waals surface area contributed by atoms with Crippen LogP contribution >= 0.6 is 0 Å². The van der Waals surface area contributed by atoms with Gasteiger partial charge in [0.2, 0.25) is 5.91 Å². The highest BCUT2D eigenvalue weighted by molar-refractivity contribution is 5.92. The molecule has 1 aromatic heterocycles. The van der Waals surface area contributed by atoms with Crippen molar-refractivity contribution in [3.8, 4) is 0 Å². The predicted molar refractivity (Wildman–Crippen MR) is 165 cm³/mol. The van der Waals surface area contributed by atoms with Crippen LogP contribution in [0.2, 0.25) is 0 Å². The summed E-state index contributed by atoms with van der Waals surface area (Å²) in [6.07, 6.45) is 6.47. The second-order valence-corrected chi connectivity index (χ2v) is 11.7. The molecule has 2 aliphatic rings. The van der Waals surface area contributed by atoms with E-state index >= 15 is 0 Å². The molecule has 2 saturated heterocycles. The van der Waals surface area contributed by atoms with Crippen LogP contribution in [0.15, 0.2) is 79.1 Å². The van der Waals surface area contributed by atoms with Crippen molar-refractivity contribution in [2.75, 3.05) is 45.2 Å². The van der Waals surface area contributed by atoms with Crippen molar-refractivity contribution >= 4 is 23.4 Å². The average molecular weight is 592 g/mol. The van der Waals surface area contributed by atoms with E-state index in [2.05, 4.69) is 51.0 Å². The number of hydrogen-bond acceptors (Lipinski definition) is 5. The molecule has 0 bridgehead atoms. The third-order valence-electron chi connectivity index (χ3n) is 8.74. The summed E-state index contributed by atoms with van der Waals surface area (Å²) in [4.78, 5) is 26.8. The fourth-order valence-corrected chi connectivity index (χ4v) is 6.10. The summed E-state index contributed by atoms with van der Waals surface area (Å²) < 4.78 is 39.0. The molecule has 3 heterocycles. The van der Waals surface area contributed by atoms with Crippen LogP contribution in [0, 0.1) is 0 Å². The van der Waals surface area contributed by atoms with E-state index in [1.165, 1.54) is 18.2 Å². The molecule has 228 valence electrons. The number of anilines is 2. The summed E-state index contributed by atoms with van der Waals surface area (Å²) in [6.45, 7) is 4.51. The summed E-state index contributed by atoms with van der Waals surface area (Å²) in [7, 11) is 4.17. The van der Waals surface area contributed by atoms with Crippen LogP contribution in [-0.2, 0) is 17.5 Å². The molecule has 5 rings (SSSR count). The van der Waals surface area contributed by atoms with E-state index in [1.807, 2.05) is 24.1 Å². The Labute approximate surface area is 252 Å². The normalized spacial score (nSPS) is 19.0. The Morgan fingerprint density at radius 1 is 0.930 bits per heavy atom. The molecular weight excluding hydrogens is 551 g/mol. The third-order valence-corrected chi connectivity index (χ3v) is 8.74. The molecule has 2 aromatic carbocycles. The van der Waals surface area contributed by atoms with Crippen molar-refractivity contribution in [2.45, 2.75) is 50.5 Å². The fourth-order valence-electron chi connectivity index (χ4n) is 6.10. The number of likely N-dealkylation sites (tertiary alicyclic amines) is 2. The number of carbonyl (C=O) groups is 1. The molecule has 0 spiro atoms. The minimum Gasteiger partial charge on any atom is -0.345 e. The van der Waals surface area contributed by atoms with E-state index in [4.69, 9.17) is 0 Å². The second kappa shape index (κ2) is 13.7. The number of rotatable bonds is 8. The zero-order valence-electron chi connectivity index (χ0n) is 24.9. The maximum atomic E-state index is 13.8. The lowest BCUT2D eigenvalue weighted by Gasteiger charge is -2.44. The van der Waals surface area contributed by atoms with Gasteiger partial charge in [0.05, 0.1) is 5.56 Å². The second-order valence-electron chi connectivity index (χ2n) is 11.7. The molecule has 0 radical (unpaired) electrons. The number of alkyl halides is 3. The molecule has 0 unspecified atom stereocenters. The number of carbonyl (C=O) groups excluding carboxylic acids is 1. The molecule has 1 amide bonds. The molecule has 1 atom stereocenters. The lowest BCUT2D eigenvalue weighted by atomic mass is 9.97. The van der Waals surface area contributed by atoms with Gasteiger partial charge in [-0.3, -0.25) is 14.7 Å². The first kappa shape index (κ1) is 30.8. The summed E-state index contributed by atoms with van der Waals surface area (Å²) in [5.74, 6) is -0.131. The van der Waals surface area contributed by atoms with Gasteiger partial charge in [0.15, 0.2) is 0 Å². The van der Waals surface area contributed by atoms with Crippen LogP contribution < -0.4 is 4.90 Å². The van der Waals surface area contributed by atoms with Crippen LogP contribution in [0.1, 0.15) is 42.4 Å². The molecule has 43 heavy (non-hydrogen) atoms. The van der Waals surface area contributed by atoms with Gasteiger partial charge in [0.1, 0.15) is 0 Å². The van der Waals surface area contributed by atoms with Gasteiger partial charge < -0.3 is 14.7 Å². The highest BCUT2D eigenvalue weighted by atomic mass is 19.4. The van der Waals surface area contributed by atoms with Crippen LogP contribution in [-0.4, -0.2) is 77.9 Å². The van der Waals surface area contributed by atoms with Gasteiger partial charge in [-0.1, -0.05) is 24.3 Å². The minimum absolute atomic E-state index is 0.0531. The zero-order chi connectivity index (χ0) is 30.4. The number of amides is 1. The molecule has 0 N–H and O–H groups in total. The fraction of sp³-hybridized carbons (Fsp3) is 0.412. The maximum Gasteiger partial charge on any atom is 0.416 e. The molecule has 6 nitrogen and oxygen atoms in total. The quantitative estimate of drug-likeness (QED) is 0.281. The monoisotopic (exact) mass is 591 g/mol. The SMILES string of the molecule is CN1CCC(N2CCC[C@@H](N(Cc3ccc(N(C)c4ccncc4)cc3)C(=O)C=Cc3ccc(C(F)(F)F)cc3)C2)CC1. The number of hydrogen-bond donors (Lipinski definition) is 0. The Hall–Kier alpha value is -3.69. The van der Waals surface area contributed by atoms with Gasteiger partial charge in [-0.15, -0.1) is 0 Å². The summed E-state index contributed by atoms with van der Waals surface area (Å²) in [6, 6.07) is 17.6. The molecule has 0 saturated carbocycles. The van der Waals surface area contributed by atoms with Gasteiger partial charge in [0, 0.05) is 62.1 Å². The Morgan fingerprint density at radius 2 is 1.58 bits per heavy atom. The van der Waals surface area contributed by atoms with Gasteiger partial charge >= 0.3 is 6.18 Å². The van der Waals surface area contributed by atoms with Crippen molar-refractivity contribution in [3.05, 3.63) is 95.8 Å². The Kier molecular flexibility index (Phi) is 9.82. The third kappa shape index (κ3) is 8.03. The highest BCUT2D eigenvalue weighted by Crippen LogP contribution is 2.30.